The second-order valence-electron chi connectivity index (χ2n) is 6.08. The normalized spacial score (nSPS) is 11.1. The number of nitrogens with zero attached hydrogens (tertiary/aromatic N) is 1. The molecular formula is C16H18BrN3O2S. The molecule has 5 nitrogen and oxygen atoms in total. The molecule has 1 aromatic carbocycles. The fourth-order valence-electron chi connectivity index (χ4n) is 1.63. The van der Waals surface area contributed by atoms with E-state index >= 15 is 0 Å². The number of amides is 2. The van der Waals surface area contributed by atoms with E-state index in [1.807, 2.05) is 45.0 Å². The Morgan fingerprint density at radius 3 is 2.43 bits per heavy atom. The lowest BCUT2D eigenvalue weighted by Gasteiger charge is -2.15. The summed E-state index contributed by atoms with van der Waals surface area (Å²) >= 11 is 4.66. The molecule has 0 aliphatic rings. The molecule has 0 saturated carbocycles. The smallest absolute Gasteiger partial charge is 0.231 e. The second-order valence-corrected chi connectivity index (χ2v) is 7.85. The molecule has 2 N–H and O–H groups in total. The van der Waals surface area contributed by atoms with Gasteiger partial charge in [0.25, 0.3) is 0 Å². The minimum Gasteiger partial charge on any atom is -0.326 e. The van der Waals surface area contributed by atoms with Crippen LogP contribution >= 0.6 is 27.3 Å². The van der Waals surface area contributed by atoms with Gasteiger partial charge in [0.05, 0.1) is 12.1 Å². The summed E-state index contributed by atoms with van der Waals surface area (Å²) in [6.45, 7) is 5.51. The van der Waals surface area contributed by atoms with Gasteiger partial charge in [-0.2, -0.15) is 0 Å². The van der Waals surface area contributed by atoms with Gasteiger partial charge < -0.3 is 10.6 Å². The van der Waals surface area contributed by atoms with E-state index in [0.717, 1.165) is 10.2 Å². The van der Waals surface area contributed by atoms with E-state index in [1.54, 1.807) is 5.38 Å². The molecule has 0 fully saturated rings. The highest BCUT2D eigenvalue weighted by atomic mass is 79.9. The van der Waals surface area contributed by atoms with Crippen LogP contribution in [0.2, 0.25) is 0 Å². The number of carbonyl (C=O) groups is 2. The summed E-state index contributed by atoms with van der Waals surface area (Å²) in [5.74, 6) is -0.246. The monoisotopic (exact) mass is 395 g/mol. The Labute approximate surface area is 147 Å². The van der Waals surface area contributed by atoms with Gasteiger partial charge in [0, 0.05) is 21.0 Å². The lowest BCUT2D eigenvalue weighted by molar-refractivity contribution is -0.123. The Balaban J connectivity index is 1.92. The Morgan fingerprint density at radius 2 is 1.83 bits per heavy atom. The van der Waals surface area contributed by atoms with Gasteiger partial charge in [0.2, 0.25) is 11.8 Å². The van der Waals surface area contributed by atoms with Crippen LogP contribution in [0.5, 0.6) is 0 Å². The summed E-state index contributed by atoms with van der Waals surface area (Å²) in [7, 11) is 0. The average molecular weight is 396 g/mol. The zero-order valence-electron chi connectivity index (χ0n) is 13.1. The van der Waals surface area contributed by atoms with Gasteiger partial charge in [0.15, 0.2) is 5.13 Å². The van der Waals surface area contributed by atoms with Crippen LogP contribution in [0.4, 0.5) is 10.8 Å². The van der Waals surface area contributed by atoms with Crippen molar-refractivity contribution in [3.8, 4) is 0 Å². The zero-order chi connectivity index (χ0) is 17.0. The van der Waals surface area contributed by atoms with Crippen molar-refractivity contribution in [3.05, 3.63) is 39.8 Å². The molecule has 1 aromatic heterocycles. The highest BCUT2D eigenvalue weighted by molar-refractivity contribution is 9.10. The maximum Gasteiger partial charge on any atom is 0.231 e. The third-order valence-electron chi connectivity index (χ3n) is 2.92. The zero-order valence-corrected chi connectivity index (χ0v) is 15.5. The molecular weight excluding hydrogens is 378 g/mol. The van der Waals surface area contributed by atoms with Gasteiger partial charge in [0.1, 0.15) is 0 Å². The maximum absolute atomic E-state index is 12.0. The summed E-state index contributed by atoms with van der Waals surface area (Å²) in [6.07, 6.45) is 0.165. The van der Waals surface area contributed by atoms with E-state index in [2.05, 4.69) is 31.5 Å². The first-order chi connectivity index (χ1) is 10.7. The molecule has 2 aromatic rings. The SMILES string of the molecule is CC(C)(C)C(=O)Nc1nc(CC(=O)Nc2ccc(Br)cc2)cs1. The number of hydrogen-bond donors (Lipinski definition) is 2. The first kappa shape index (κ1) is 17.6. The van der Waals surface area contributed by atoms with Crippen LogP contribution < -0.4 is 10.6 Å². The van der Waals surface area contributed by atoms with Crippen molar-refractivity contribution in [1.29, 1.82) is 0 Å². The van der Waals surface area contributed by atoms with E-state index in [0.29, 0.717) is 10.8 Å². The largest absolute Gasteiger partial charge is 0.326 e. The van der Waals surface area contributed by atoms with Crippen molar-refractivity contribution in [2.24, 2.45) is 5.41 Å². The Kier molecular flexibility index (Phi) is 5.54. The van der Waals surface area contributed by atoms with Gasteiger partial charge in [-0.15, -0.1) is 11.3 Å². The van der Waals surface area contributed by atoms with Crippen molar-refractivity contribution in [2.75, 3.05) is 10.6 Å². The lowest BCUT2D eigenvalue weighted by atomic mass is 9.96. The van der Waals surface area contributed by atoms with Crippen molar-refractivity contribution in [2.45, 2.75) is 27.2 Å². The summed E-state index contributed by atoms with van der Waals surface area (Å²) in [4.78, 5) is 28.2. The van der Waals surface area contributed by atoms with Crippen LogP contribution in [0.15, 0.2) is 34.1 Å². The Hall–Kier alpha value is -1.73. The minimum absolute atomic E-state index is 0.0993. The number of halogens is 1. The Bertz CT molecular complexity index is 705. The molecule has 0 spiro atoms. The molecule has 0 bridgehead atoms. The predicted molar refractivity (Wildman–Crippen MR) is 96.7 cm³/mol. The number of rotatable bonds is 4. The molecule has 0 unspecified atom stereocenters. The van der Waals surface area contributed by atoms with E-state index in [-0.39, 0.29) is 18.2 Å². The molecule has 0 aliphatic heterocycles. The quantitative estimate of drug-likeness (QED) is 0.819. The van der Waals surface area contributed by atoms with Crippen LogP contribution in [0.1, 0.15) is 26.5 Å². The van der Waals surface area contributed by atoms with E-state index < -0.39 is 5.41 Å². The number of carbonyl (C=O) groups excluding carboxylic acids is 2. The standard InChI is InChI=1S/C16H18BrN3O2S/c1-16(2,3)14(22)20-15-19-12(9-23-15)8-13(21)18-11-6-4-10(17)5-7-11/h4-7,9H,8H2,1-3H3,(H,18,21)(H,19,20,22). The Morgan fingerprint density at radius 1 is 1.17 bits per heavy atom. The molecule has 2 rings (SSSR count). The summed E-state index contributed by atoms with van der Waals surface area (Å²) in [5, 5.41) is 7.86. The second kappa shape index (κ2) is 7.23. The maximum atomic E-state index is 12.0. The van der Waals surface area contributed by atoms with Crippen molar-refractivity contribution < 1.29 is 9.59 Å². The van der Waals surface area contributed by atoms with Gasteiger partial charge >= 0.3 is 0 Å². The molecule has 0 radical (unpaired) electrons. The number of thiazole rings is 1. The average Bonchev–Trinajstić information content (AvgIpc) is 2.87. The highest BCUT2D eigenvalue weighted by Crippen LogP contribution is 2.21. The third kappa shape index (κ3) is 5.44. The third-order valence-corrected chi connectivity index (χ3v) is 4.26. The molecule has 2 amide bonds. The van der Waals surface area contributed by atoms with Crippen LogP contribution in [0, 0.1) is 5.41 Å². The van der Waals surface area contributed by atoms with Gasteiger partial charge in [-0.05, 0) is 24.3 Å². The summed E-state index contributed by atoms with van der Waals surface area (Å²) < 4.78 is 0.953. The van der Waals surface area contributed by atoms with Gasteiger partial charge in [-0.3, -0.25) is 9.59 Å². The lowest BCUT2D eigenvalue weighted by Crippen LogP contribution is -2.27. The summed E-state index contributed by atoms with van der Waals surface area (Å²) in [6, 6.07) is 7.35. The fourth-order valence-corrected chi connectivity index (χ4v) is 2.60. The number of aromatic nitrogens is 1. The van der Waals surface area contributed by atoms with Crippen LogP contribution in [-0.2, 0) is 16.0 Å². The van der Waals surface area contributed by atoms with E-state index in [9.17, 15) is 9.59 Å². The molecule has 122 valence electrons. The molecule has 7 heteroatoms. The fraction of sp³-hybridized carbons (Fsp3) is 0.312. The van der Waals surface area contributed by atoms with Crippen LogP contribution in [0.3, 0.4) is 0 Å². The first-order valence-corrected chi connectivity index (χ1v) is 8.72. The molecule has 0 saturated heterocycles. The van der Waals surface area contributed by atoms with Crippen molar-refractivity contribution in [3.63, 3.8) is 0 Å². The number of anilines is 2. The van der Waals surface area contributed by atoms with E-state index in [4.69, 9.17) is 0 Å². The van der Waals surface area contributed by atoms with Crippen molar-refractivity contribution in [1.82, 2.24) is 4.98 Å². The number of nitrogens with one attached hydrogen (secondary N) is 2. The highest BCUT2D eigenvalue weighted by Gasteiger charge is 2.22. The van der Waals surface area contributed by atoms with Crippen molar-refractivity contribution >= 4 is 49.9 Å². The van der Waals surface area contributed by atoms with Crippen LogP contribution in [-0.4, -0.2) is 16.8 Å². The molecule has 0 atom stereocenters. The van der Waals surface area contributed by atoms with Gasteiger partial charge in [-0.1, -0.05) is 36.7 Å². The molecule has 1 heterocycles. The molecule has 0 aliphatic carbocycles. The minimum atomic E-state index is -0.481. The topological polar surface area (TPSA) is 71.1 Å². The number of hydrogen-bond acceptors (Lipinski definition) is 4. The van der Waals surface area contributed by atoms with E-state index in [1.165, 1.54) is 11.3 Å². The van der Waals surface area contributed by atoms with Gasteiger partial charge in [-0.25, -0.2) is 4.98 Å². The summed E-state index contributed by atoms with van der Waals surface area (Å²) in [5.41, 5.74) is 0.883. The van der Waals surface area contributed by atoms with Crippen LogP contribution in [0.25, 0.3) is 0 Å². The molecule has 23 heavy (non-hydrogen) atoms. The predicted octanol–water partition coefficient (Wildman–Crippen LogP) is 4.07. The number of benzene rings is 1. The first-order valence-electron chi connectivity index (χ1n) is 7.05.